The average molecular weight is 501 g/mol. The Morgan fingerprint density at radius 2 is 1.65 bits per heavy atom. The molecule has 4 atom stereocenters. The molecule has 5 rings (SSSR count). The molecule has 0 N–H and O–H groups in total. The highest BCUT2D eigenvalue weighted by molar-refractivity contribution is 6.22. The van der Waals surface area contributed by atoms with Gasteiger partial charge in [0.1, 0.15) is 5.75 Å². The van der Waals surface area contributed by atoms with E-state index >= 15 is 0 Å². The number of hydrogen-bond donors (Lipinski definition) is 0. The number of rotatable bonds is 6. The number of amides is 3. The summed E-state index contributed by atoms with van der Waals surface area (Å²) in [5.74, 6) is -1.79. The van der Waals surface area contributed by atoms with Crippen molar-refractivity contribution in [1.82, 2.24) is 0 Å². The van der Waals surface area contributed by atoms with Gasteiger partial charge in [0.15, 0.2) is 0 Å². The third-order valence-electron chi connectivity index (χ3n) is 7.88. The van der Waals surface area contributed by atoms with Crippen molar-refractivity contribution in [2.45, 2.75) is 46.5 Å². The molecule has 2 aliphatic heterocycles. The molecule has 2 heterocycles. The van der Waals surface area contributed by atoms with Gasteiger partial charge in [-0.1, -0.05) is 51.1 Å². The molecule has 0 spiro atoms. The number of aryl methyl sites for hydroxylation is 2. The van der Waals surface area contributed by atoms with Gasteiger partial charge in [0.05, 0.1) is 23.4 Å². The number of esters is 1. The second-order valence-corrected chi connectivity index (χ2v) is 10.1. The van der Waals surface area contributed by atoms with Gasteiger partial charge in [-0.2, -0.15) is 0 Å². The number of fused-ring (bicyclic) bond motifs is 1. The van der Waals surface area contributed by atoms with Gasteiger partial charge in [-0.3, -0.25) is 24.1 Å². The Kier molecular flexibility index (Phi) is 6.71. The van der Waals surface area contributed by atoms with Gasteiger partial charge in [-0.05, 0) is 60.6 Å². The van der Waals surface area contributed by atoms with E-state index in [-0.39, 0.29) is 48.4 Å². The zero-order valence-electron chi connectivity index (χ0n) is 21.5. The number of carbonyl (C=O) groups excluding carboxylic acids is 4. The van der Waals surface area contributed by atoms with Crippen LogP contribution in [0.25, 0.3) is 0 Å². The third kappa shape index (κ3) is 4.37. The van der Waals surface area contributed by atoms with E-state index in [1.807, 2.05) is 37.3 Å². The molecule has 7 heteroatoms. The van der Waals surface area contributed by atoms with Crippen molar-refractivity contribution in [2.75, 3.05) is 16.3 Å². The fourth-order valence-corrected chi connectivity index (χ4v) is 5.91. The first-order valence-corrected chi connectivity index (χ1v) is 13.1. The van der Waals surface area contributed by atoms with Crippen molar-refractivity contribution in [1.29, 1.82) is 0 Å². The standard InChI is InChI=1S/C30H32N2O5/c1-4-19-9-7-10-20(5-2)27(19)31-17-21(16-25(31)33)30(36)37-23-14-12-22(13-15-23)32-28(34)24-11-6-8-18(3)26(24)29(32)35/h6-10,12-15,18,21,24,26H,4-5,11,16-17H2,1-3H3/t18-,21-,24-,26-/m1/s1. The van der Waals surface area contributed by atoms with Crippen LogP contribution < -0.4 is 14.5 Å². The maximum atomic E-state index is 13.0. The summed E-state index contributed by atoms with van der Waals surface area (Å²) in [5, 5.41) is 0. The molecule has 1 aliphatic carbocycles. The number of benzene rings is 2. The minimum absolute atomic E-state index is 0.0202. The van der Waals surface area contributed by atoms with Gasteiger partial charge in [0.25, 0.3) is 0 Å². The third-order valence-corrected chi connectivity index (χ3v) is 7.88. The van der Waals surface area contributed by atoms with E-state index in [2.05, 4.69) is 13.8 Å². The van der Waals surface area contributed by atoms with Crippen molar-refractivity contribution in [2.24, 2.45) is 23.7 Å². The number of imide groups is 1. The largest absolute Gasteiger partial charge is 0.426 e. The Bertz CT molecular complexity index is 1260. The number of ether oxygens (including phenoxy) is 1. The van der Waals surface area contributed by atoms with Crippen LogP contribution in [-0.2, 0) is 32.0 Å². The fourth-order valence-electron chi connectivity index (χ4n) is 5.91. The first kappa shape index (κ1) is 24.9. The topological polar surface area (TPSA) is 84.0 Å². The Hall–Kier alpha value is -3.74. The van der Waals surface area contributed by atoms with Gasteiger partial charge >= 0.3 is 5.97 Å². The van der Waals surface area contributed by atoms with E-state index in [9.17, 15) is 19.2 Å². The van der Waals surface area contributed by atoms with E-state index < -0.39 is 11.9 Å². The zero-order valence-corrected chi connectivity index (χ0v) is 21.5. The molecular formula is C30H32N2O5. The van der Waals surface area contributed by atoms with E-state index in [0.717, 1.165) is 29.7 Å². The van der Waals surface area contributed by atoms with Gasteiger partial charge in [-0.25, -0.2) is 0 Å². The van der Waals surface area contributed by atoms with Crippen molar-refractivity contribution < 1.29 is 23.9 Å². The SMILES string of the molecule is CCc1cccc(CC)c1N1C[C@H](C(=O)Oc2ccc(N3C(=O)[C@@H]4[C@H](C)C=CC[C@H]4C3=O)cc2)CC1=O. The second-order valence-electron chi connectivity index (χ2n) is 10.1. The number of hydrogen-bond acceptors (Lipinski definition) is 5. The lowest BCUT2D eigenvalue weighted by atomic mass is 9.78. The Morgan fingerprint density at radius 1 is 0.973 bits per heavy atom. The summed E-state index contributed by atoms with van der Waals surface area (Å²) in [7, 11) is 0. The van der Waals surface area contributed by atoms with Crippen LogP contribution in [0, 0.1) is 23.7 Å². The summed E-state index contributed by atoms with van der Waals surface area (Å²) >= 11 is 0. The quantitative estimate of drug-likeness (QED) is 0.253. The highest BCUT2D eigenvalue weighted by atomic mass is 16.5. The molecule has 0 bridgehead atoms. The molecule has 3 amide bonds. The summed E-state index contributed by atoms with van der Waals surface area (Å²) in [5.41, 5.74) is 3.57. The second kappa shape index (κ2) is 9.96. The van der Waals surface area contributed by atoms with Crippen LogP contribution in [0.15, 0.2) is 54.6 Å². The van der Waals surface area contributed by atoms with Gasteiger partial charge in [-0.15, -0.1) is 0 Å². The van der Waals surface area contributed by atoms with E-state index in [4.69, 9.17) is 4.74 Å². The number of allylic oxidation sites excluding steroid dienone is 2. The molecule has 0 radical (unpaired) electrons. The van der Waals surface area contributed by atoms with Gasteiger partial charge in [0.2, 0.25) is 17.7 Å². The lowest BCUT2D eigenvalue weighted by Gasteiger charge is -2.23. The molecule has 3 aliphatic rings. The Balaban J connectivity index is 1.27. The molecule has 192 valence electrons. The molecule has 2 aromatic carbocycles. The minimum Gasteiger partial charge on any atom is -0.426 e. The highest BCUT2D eigenvalue weighted by Gasteiger charge is 2.50. The molecular weight excluding hydrogens is 468 g/mol. The van der Waals surface area contributed by atoms with Crippen LogP contribution in [-0.4, -0.2) is 30.2 Å². The predicted molar refractivity (Wildman–Crippen MR) is 140 cm³/mol. The van der Waals surface area contributed by atoms with E-state index in [1.54, 1.807) is 29.2 Å². The summed E-state index contributed by atoms with van der Waals surface area (Å²) in [6.07, 6.45) is 6.25. The summed E-state index contributed by atoms with van der Waals surface area (Å²) in [6.45, 7) is 6.36. The Morgan fingerprint density at radius 3 is 2.27 bits per heavy atom. The monoisotopic (exact) mass is 500 g/mol. The minimum atomic E-state index is -0.569. The maximum Gasteiger partial charge on any atom is 0.316 e. The molecule has 37 heavy (non-hydrogen) atoms. The number of nitrogens with zero attached hydrogens (tertiary/aromatic N) is 2. The van der Waals surface area contributed by atoms with Gasteiger partial charge < -0.3 is 9.64 Å². The van der Waals surface area contributed by atoms with Crippen LogP contribution in [0.4, 0.5) is 11.4 Å². The molecule has 0 saturated carbocycles. The first-order chi connectivity index (χ1) is 17.8. The van der Waals surface area contributed by atoms with Crippen molar-refractivity contribution in [3.63, 3.8) is 0 Å². The summed E-state index contributed by atoms with van der Waals surface area (Å²) < 4.78 is 5.61. The van der Waals surface area contributed by atoms with Crippen molar-refractivity contribution in [3.05, 3.63) is 65.7 Å². The van der Waals surface area contributed by atoms with Crippen molar-refractivity contribution >= 4 is 35.1 Å². The number of carbonyl (C=O) groups is 4. The summed E-state index contributed by atoms with van der Waals surface area (Å²) in [6, 6.07) is 12.5. The fraction of sp³-hybridized carbons (Fsp3) is 0.400. The number of para-hydroxylation sites is 1. The molecule has 2 saturated heterocycles. The predicted octanol–water partition coefficient (Wildman–Crippen LogP) is 4.47. The lowest BCUT2D eigenvalue weighted by Crippen LogP contribution is -2.31. The van der Waals surface area contributed by atoms with E-state index in [0.29, 0.717) is 17.9 Å². The van der Waals surface area contributed by atoms with Crippen LogP contribution in [0.3, 0.4) is 0 Å². The molecule has 0 aromatic heterocycles. The summed E-state index contributed by atoms with van der Waals surface area (Å²) in [4.78, 5) is 54.8. The van der Waals surface area contributed by atoms with Crippen LogP contribution in [0.5, 0.6) is 5.75 Å². The molecule has 0 unspecified atom stereocenters. The first-order valence-electron chi connectivity index (χ1n) is 13.1. The molecule has 7 nitrogen and oxygen atoms in total. The molecule has 2 aromatic rings. The van der Waals surface area contributed by atoms with E-state index in [1.165, 1.54) is 4.90 Å². The molecule has 2 fully saturated rings. The van der Waals surface area contributed by atoms with Crippen molar-refractivity contribution in [3.8, 4) is 5.75 Å². The lowest BCUT2D eigenvalue weighted by molar-refractivity contribution is -0.139. The van der Waals surface area contributed by atoms with Gasteiger partial charge in [0, 0.05) is 18.7 Å². The number of anilines is 2. The Labute approximate surface area is 217 Å². The van der Waals surface area contributed by atoms with Crippen LogP contribution >= 0.6 is 0 Å². The normalized spacial score (nSPS) is 25.1. The maximum absolute atomic E-state index is 13.0. The smallest absolute Gasteiger partial charge is 0.316 e. The average Bonchev–Trinajstić information content (AvgIpc) is 3.41. The zero-order chi connectivity index (χ0) is 26.3. The van der Waals surface area contributed by atoms with Crippen LogP contribution in [0.2, 0.25) is 0 Å². The highest BCUT2D eigenvalue weighted by Crippen LogP contribution is 2.41. The van der Waals surface area contributed by atoms with Crippen LogP contribution in [0.1, 0.15) is 44.7 Å².